The molecular formula is C15H11N3OS. The summed E-state index contributed by atoms with van der Waals surface area (Å²) in [5.41, 5.74) is 3.15. The Hall–Kier alpha value is -2.29. The lowest BCUT2D eigenvalue weighted by molar-refractivity contribution is 0.281. The number of benzene rings is 2. The van der Waals surface area contributed by atoms with Crippen LogP contribution in [-0.4, -0.2) is 15.1 Å². The molecule has 0 bridgehead atoms. The third-order valence-electron chi connectivity index (χ3n) is 2.92. The van der Waals surface area contributed by atoms with Gasteiger partial charge in [-0.25, -0.2) is 4.98 Å². The predicted molar refractivity (Wildman–Crippen MR) is 77.3 cm³/mol. The highest BCUT2D eigenvalue weighted by molar-refractivity contribution is 7.99. The van der Waals surface area contributed by atoms with E-state index in [4.69, 9.17) is 5.11 Å². The summed E-state index contributed by atoms with van der Waals surface area (Å²) in [4.78, 5) is 8.51. The van der Waals surface area contributed by atoms with Gasteiger partial charge in [0.05, 0.1) is 23.2 Å². The fourth-order valence-electron chi connectivity index (χ4n) is 1.93. The SMILES string of the molecule is N#Cc1cc(CO)ccc1Sc1nc2ccccc2[nH]1. The van der Waals surface area contributed by atoms with E-state index in [9.17, 15) is 5.26 Å². The monoisotopic (exact) mass is 281 g/mol. The molecule has 3 aromatic rings. The molecule has 0 aliphatic rings. The van der Waals surface area contributed by atoms with Gasteiger partial charge >= 0.3 is 0 Å². The van der Waals surface area contributed by atoms with Gasteiger partial charge in [-0.05, 0) is 29.8 Å². The van der Waals surface area contributed by atoms with Crippen LogP contribution in [-0.2, 0) is 6.61 Å². The van der Waals surface area contributed by atoms with E-state index in [1.807, 2.05) is 36.4 Å². The van der Waals surface area contributed by atoms with Crippen LogP contribution in [0.5, 0.6) is 0 Å². The molecule has 0 unspecified atom stereocenters. The number of nitrogens with zero attached hydrogens (tertiary/aromatic N) is 2. The van der Waals surface area contributed by atoms with Crippen molar-refractivity contribution in [3.05, 3.63) is 53.6 Å². The van der Waals surface area contributed by atoms with E-state index in [0.29, 0.717) is 5.56 Å². The summed E-state index contributed by atoms with van der Waals surface area (Å²) in [5, 5.41) is 19.0. The van der Waals surface area contributed by atoms with Crippen LogP contribution >= 0.6 is 11.8 Å². The number of aromatic nitrogens is 2. The minimum atomic E-state index is -0.0652. The Labute approximate surface area is 120 Å². The lowest BCUT2D eigenvalue weighted by Gasteiger charge is -2.03. The molecule has 0 amide bonds. The van der Waals surface area contributed by atoms with Crippen molar-refractivity contribution >= 4 is 22.8 Å². The highest BCUT2D eigenvalue weighted by Gasteiger charge is 2.08. The second-order valence-electron chi connectivity index (χ2n) is 4.26. The van der Waals surface area contributed by atoms with E-state index in [2.05, 4.69) is 16.0 Å². The molecule has 0 radical (unpaired) electrons. The van der Waals surface area contributed by atoms with Gasteiger partial charge in [0.25, 0.3) is 0 Å². The van der Waals surface area contributed by atoms with Gasteiger partial charge in [-0.3, -0.25) is 0 Å². The number of H-pyrrole nitrogens is 1. The maximum absolute atomic E-state index is 9.18. The molecule has 0 aliphatic carbocycles. The van der Waals surface area contributed by atoms with E-state index < -0.39 is 0 Å². The van der Waals surface area contributed by atoms with Crippen molar-refractivity contribution in [2.24, 2.45) is 0 Å². The first-order chi connectivity index (χ1) is 9.80. The lowest BCUT2D eigenvalue weighted by atomic mass is 10.1. The highest BCUT2D eigenvalue weighted by Crippen LogP contribution is 2.30. The van der Waals surface area contributed by atoms with Gasteiger partial charge < -0.3 is 10.1 Å². The Morgan fingerprint density at radius 1 is 1.25 bits per heavy atom. The average molecular weight is 281 g/mol. The Kier molecular flexibility index (Phi) is 3.42. The molecule has 0 saturated carbocycles. The molecule has 5 heteroatoms. The van der Waals surface area contributed by atoms with Crippen molar-refractivity contribution in [1.29, 1.82) is 5.26 Å². The molecule has 2 N–H and O–H groups in total. The Bertz CT molecular complexity index is 771. The minimum Gasteiger partial charge on any atom is -0.392 e. The third-order valence-corrected chi connectivity index (χ3v) is 3.88. The van der Waals surface area contributed by atoms with Crippen LogP contribution in [0.15, 0.2) is 52.5 Å². The first-order valence-corrected chi connectivity index (χ1v) is 6.88. The van der Waals surface area contributed by atoms with E-state index in [0.717, 1.165) is 26.6 Å². The molecule has 4 nitrogen and oxygen atoms in total. The first kappa shape index (κ1) is 12.7. The molecule has 0 fully saturated rings. The Morgan fingerprint density at radius 3 is 2.85 bits per heavy atom. The molecule has 1 heterocycles. The van der Waals surface area contributed by atoms with Crippen LogP contribution in [0.3, 0.4) is 0 Å². The largest absolute Gasteiger partial charge is 0.392 e. The Morgan fingerprint density at radius 2 is 2.10 bits per heavy atom. The second-order valence-corrected chi connectivity index (χ2v) is 5.29. The van der Waals surface area contributed by atoms with Crippen LogP contribution in [0, 0.1) is 11.3 Å². The van der Waals surface area contributed by atoms with Crippen molar-refractivity contribution in [3.8, 4) is 6.07 Å². The van der Waals surface area contributed by atoms with Gasteiger partial charge in [0, 0.05) is 4.90 Å². The highest BCUT2D eigenvalue weighted by atomic mass is 32.2. The number of hydrogen-bond donors (Lipinski definition) is 2. The lowest BCUT2D eigenvalue weighted by Crippen LogP contribution is -1.88. The van der Waals surface area contributed by atoms with Crippen molar-refractivity contribution in [2.75, 3.05) is 0 Å². The summed E-state index contributed by atoms with van der Waals surface area (Å²) in [7, 11) is 0. The van der Waals surface area contributed by atoms with E-state index in [-0.39, 0.29) is 6.61 Å². The molecule has 0 aliphatic heterocycles. The summed E-state index contributed by atoms with van der Waals surface area (Å²) in [6.45, 7) is -0.0652. The molecule has 0 atom stereocenters. The summed E-state index contributed by atoms with van der Waals surface area (Å²) < 4.78 is 0. The standard InChI is InChI=1S/C15H11N3OS/c16-8-11-7-10(9-19)5-6-14(11)20-15-17-12-3-1-2-4-13(12)18-15/h1-7,19H,9H2,(H,17,18). The van der Waals surface area contributed by atoms with E-state index in [1.165, 1.54) is 11.8 Å². The quantitative estimate of drug-likeness (QED) is 0.773. The van der Waals surface area contributed by atoms with Gasteiger partial charge in [-0.2, -0.15) is 5.26 Å². The fraction of sp³-hybridized carbons (Fsp3) is 0.0667. The minimum absolute atomic E-state index is 0.0652. The van der Waals surface area contributed by atoms with Gasteiger partial charge in [0.15, 0.2) is 5.16 Å². The van der Waals surface area contributed by atoms with Crippen LogP contribution in [0.1, 0.15) is 11.1 Å². The number of aliphatic hydroxyl groups is 1. The fourth-order valence-corrected chi connectivity index (χ4v) is 2.80. The number of aromatic amines is 1. The van der Waals surface area contributed by atoms with Crippen LogP contribution < -0.4 is 0 Å². The summed E-state index contributed by atoms with van der Waals surface area (Å²) in [6.07, 6.45) is 0. The zero-order valence-electron chi connectivity index (χ0n) is 10.5. The van der Waals surface area contributed by atoms with E-state index in [1.54, 1.807) is 6.07 Å². The smallest absolute Gasteiger partial charge is 0.171 e. The molecular weight excluding hydrogens is 270 g/mol. The molecule has 98 valence electrons. The number of hydrogen-bond acceptors (Lipinski definition) is 4. The van der Waals surface area contributed by atoms with Gasteiger partial charge in [-0.1, -0.05) is 30.0 Å². The van der Waals surface area contributed by atoms with Crippen LogP contribution in [0.25, 0.3) is 11.0 Å². The number of nitriles is 1. The molecule has 0 spiro atoms. The normalized spacial score (nSPS) is 10.6. The van der Waals surface area contributed by atoms with Gasteiger partial charge in [-0.15, -0.1) is 0 Å². The number of nitrogens with one attached hydrogen (secondary N) is 1. The molecule has 1 aromatic heterocycles. The zero-order valence-corrected chi connectivity index (χ0v) is 11.3. The number of aliphatic hydroxyl groups excluding tert-OH is 1. The van der Waals surface area contributed by atoms with Crippen molar-refractivity contribution < 1.29 is 5.11 Å². The van der Waals surface area contributed by atoms with Crippen molar-refractivity contribution in [2.45, 2.75) is 16.7 Å². The molecule has 20 heavy (non-hydrogen) atoms. The average Bonchev–Trinajstić information content (AvgIpc) is 2.90. The topological polar surface area (TPSA) is 72.7 Å². The number of rotatable bonds is 3. The zero-order chi connectivity index (χ0) is 13.9. The molecule has 0 saturated heterocycles. The van der Waals surface area contributed by atoms with Crippen molar-refractivity contribution in [1.82, 2.24) is 9.97 Å². The summed E-state index contributed by atoms with van der Waals surface area (Å²) >= 11 is 1.41. The predicted octanol–water partition coefficient (Wildman–Crippen LogP) is 3.08. The molecule has 3 rings (SSSR count). The molecule has 2 aromatic carbocycles. The maximum Gasteiger partial charge on any atom is 0.171 e. The first-order valence-electron chi connectivity index (χ1n) is 6.06. The maximum atomic E-state index is 9.18. The van der Waals surface area contributed by atoms with Crippen LogP contribution in [0.4, 0.5) is 0 Å². The second kappa shape index (κ2) is 5.37. The van der Waals surface area contributed by atoms with E-state index >= 15 is 0 Å². The Balaban J connectivity index is 1.96. The summed E-state index contributed by atoms with van der Waals surface area (Å²) in [5.74, 6) is 0. The van der Waals surface area contributed by atoms with Gasteiger partial charge in [0.2, 0.25) is 0 Å². The number of para-hydroxylation sites is 2. The van der Waals surface area contributed by atoms with Crippen LogP contribution in [0.2, 0.25) is 0 Å². The summed E-state index contributed by atoms with van der Waals surface area (Å²) in [6, 6.07) is 15.3. The van der Waals surface area contributed by atoms with Gasteiger partial charge in [0.1, 0.15) is 6.07 Å². The third kappa shape index (κ3) is 2.39. The number of imidazole rings is 1. The number of fused-ring (bicyclic) bond motifs is 1. The van der Waals surface area contributed by atoms with Crippen molar-refractivity contribution in [3.63, 3.8) is 0 Å².